The van der Waals surface area contributed by atoms with Crippen LogP contribution < -0.4 is 4.90 Å². The van der Waals surface area contributed by atoms with Gasteiger partial charge in [0.2, 0.25) is 0 Å². The van der Waals surface area contributed by atoms with Crippen molar-refractivity contribution in [2.45, 2.75) is 130 Å². The lowest BCUT2D eigenvalue weighted by Crippen LogP contribution is -2.42. The molecule has 0 saturated carbocycles. The van der Waals surface area contributed by atoms with Crippen molar-refractivity contribution in [1.29, 1.82) is 0 Å². The molecule has 2 amide bonds. The molecule has 4 heterocycles. The number of rotatable bonds is 13. The lowest BCUT2D eigenvalue weighted by molar-refractivity contribution is 0.0197. The van der Waals surface area contributed by atoms with Gasteiger partial charge >= 0.3 is 12.2 Å². The molecular weight excluding hydrogens is 683 g/mol. The molecule has 0 spiro atoms. The standard InChI is InChI=1S/C36H61N7O6Si2/c1-35(2,3)48-33(44)40-15-13-14-27(23-40)30-20-31(42(34(45)49-36(4,5)6)26-47-17-19-51(10,11)12)43-32(39-30)29(22-38-43)28-21-37-41(24-28)25-46-16-18-50(7,8)9/h20-22,24,27H,13-19,23,25-26H2,1-12H3. The van der Waals surface area contributed by atoms with Crippen molar-refractivity contribution in [1.82, 2.24) is 29.3 Å². The van der Waals surface area contributed by atoms with Crippen LogP contribution in [0.1, 0.15) is 66.0 Å². The fourth-order valence-electron chi connectivity index (χ4n) is 5.45. The first-order chi connectivity index (χ1) is 23.6. The van der Waals surface area contributed by atoms with E-state index < -0.39 is 33.4 Å². The van der Waals surface area contributed by atoms with Crippen molar-refractivity contribution >= 4 is 39.8 Å². The largest absolute Gasteiger partial charge is 0.444 e. The normalized spacial score (nSPS) is 16.1. The van der Waals surface area contributed by atoms with Gasteiger partial charge in [-0.3, -0.25) is 0 Å². The van der Waals surface area contributed by atoms with Gasteiger partial charge in [-0.1, -0.05) is 39.3 Å². The van der Waals surface area contributed by atoms with Crippen LogP contribution in [0.15, 0.2) is 24.7 Å². The van der Waals surface area contributed by atoms with E-state index in [1.807, 2.05) is 53.8 Å². The Labute approximate surface area is 306 Å². The summed E-state index contributed by atoms with van der Waals surface area (Å²) in [6, 6.07) is 3.91. The summed E-state index contributed by atoms with van der Waals surface area (Å²) >= 11 is 0. The van der Waals surface area contributed by atoms with E-state index in [2.05, 4.69) is 44.4 Å². The van der Waals surface area contributed by atoms with Gasteiger partial charge in [-0.15, -0.1) is 0 Å². The SMILES string of the molecule is CC(C)(C)OC(=O)N1CCCC(c2cc(N(COCC[Si](C)(C)C)C(=O)OC(C)(C)C)n3ncc(-c4cnn(COCC[Si](C)(C)C)c4)c3n2)C1. The van der Waals surface area contributed by atoms with E-state index in [1.165, 1.54) is 4.90 Å². The first-order valence-corrected chi connectivity index (χ1v) is 25.6. The van der Waals surface area contributed by atoms with Crippen molar-refractivity contribution in [3.63, 3.8) is 0 Å². The molecule has 0 radical (unpaired) electrons. The highest BCUT2D eigenvalue weighted by Gasteiger charge is 2.32. The van der Waals surface area contributed by atoms with Gasteiger partial charge in [-0.2, -0.15) is 14.7 Å². The Morgan fingerprint density at radius 2 is 1.55 bits per heavy atom. The average Bonchev–Trinajstić information content (AvgIpc) is 3.63. The van der Waals surface area contributed by atoms with Gasteiger partial charge in [0.05, 0.1) is 18.1 Å². The summed E-state index contributed by atoms with van der Waals surface area (Å²) < 4.78 is 27.2. The number of likely N-dealkylation sites (tertiary alicyclic amines) is 1. The molecule has 3 aromatic rings. The molecular formula is C36H61N7O6Si2. The van der Waals surface area contributed by atoms with E-state index in [1.54, 1.807) is 26.5 Å². The zero-order chi connectivity index (χ0) is 37.8. The maximum atomic E-state index is 13.9. The van der Waals surface area contributed by atoms with E-state index in [0.717, 1.165) is 41.8 Å². The van der Waals surface area contributed by atoms with Crippen LogP contribution in [0.25, 0.3) is 16.8 Å². The minimum atomic E-state index is -1.38. The molecule has 51 heavy (non-hydrogen) atoms. The third-order valence-electron chi connectivity index (χ3n) is 8.24. The Kier molecular flexibility index (Phi) is 12.8. The first kappa shape index (κ1) is 40.5. The van der Waals surface area contributed by atoms with Gasteiger partial charge in [0, 0.05) is 71.8 Å². The molecule has 15 heteroatoms. The molecule has 1 unspecified atom stereocenters. The summed E-state index contributed by atoms with van der Waals surface area (Å²) in [5.41, 5.74) is 1.55. The summed E-state index contributed by atoms with van der Waals surface area (Å²) in [5.74, 6) is 0.369. The molecule has 284 valence electrons. The molecule has 1 fully saturated rings. The molecule has 0 aromatic carbocycles. The number of carbonyl (C=O) groups excluding carboxylic acids is 2. The minimum absolute atomic E-state index is 0.0193. The van der Waals surface area contributed by atoms with Crippen molar-refractivity contribution in [2.24, 2.45) is 0 Å². The number of hydrogen-bond acceptors (Lipinski definition) is 9. The molecule has 1 saturated heterocycles. The van der Waals surface area contributed by atoms with Crippen LogP contribution in [0.3, 0.4) is 0 Å². The number of piperidine rings is 1. The van der Waals surface area contributed by atoms with Gasteiger partial charge in [0.15, 0.2) is 5.65 Å². The van der Waals surface area contributed by atoms with Crippen molar-refractivity contribution in [2.75, 3.05) is 37.9 Å². The summed E-state index contributed by atoms with van der Waals surface area (Å²) in [7, 11) is -2.58. The van der Waals surface area contributed by atoms with E-state index in [-0.39, 0.29) is 18.7 Å². The number of amides is 2. The Morgan fingerprint density at radius 3 is 2.18 bits per heavy atom. The van der Waals surface area contributed by atoms with Gasteiger partial charge in [0.1, 0.15) is 30.5 Å². The summed E-state index contributed by atoms with van der Waals surface area (Å²) in [4.78, 5) is 35.4. The Bertz CT molecular complexity index is 1630. The molecule has 13 nitrogen and oxygen atoms in total. The topological polar surface area (TPSA) is 126 Å². The van der Waals surface area contributed by atoms with Crippen LogP contribution in [0, 0.1) is 0 Å². The van der Waals surface area contributed by atoms with Gasteiger partial charge in [-0.25, -0.2) is 24.2 Å². The number of ether oxygens (including phenoxy) is 4. The van der Waals surface area contributed by atoms with Gasteiger partial charge in [-0.05, 0) is 66.5 Å². The van der Waals surface area contributed by atoms with Crippen LogP contribution in [-0.4, -0.2) is 102 Å². The van der Waals surface area contributed by atoms with E-state index >= 15 is 0 Å². The highest BCUT2D eigenvalue weighted by molar-refractivity contribution is 6.76. The van der Waals surface area contributed by atoms with E-state index in [9.17, 15) is 9.59 Å². The summed E-state index contributed by atoms with van der Waals surface area (Å²) in [5, 5.41) is 9.31. The molecule has 1 aliphatic rings. The number of anilines is 1. The Balaban J connectivity index is 1.75. The number of nitrogens with zero attached hydrogens (tertiary/aromatic N) is 7. The number of aromatic nitrogens is 5. The zero-order valence-electron chi connectivity index (χ0n) is 33.0. The maximum absolute atomic E-state index is 13.9. The predicted octanol–water partition coefficient (Wildman–Crippen LogP) is 8.07. The van der Waals surface area contributed by atoms with Crippen molar-refractivity contribution in [3.05, 3.63) is 30.4 Å². The smallest absolute Gasteiger partial charge is 0.417 e. The fourth-order valence-corrected chi connectivity index (χ4v) is 6.97. The van der Waals surface area contributed by atoms with Crippen LogP contribution in [0.4, 0.5) is 15.4 Å². The highest BCUT2D eigenvalue weighted by atomic mass is 28.3. The van der Waals surface area contributed by atoms with Crippen LogP contribution in [-0.2, 0) is 25.7 Å². The maximum Gasteiger partial charge on any atom is 0.417 e. The minimum Gasteiger partial charge on any atom is -0.444 e. The average molecular weight is 744 g/mol. The van der Waals surface area contributed by atoms with Crippen LogP contribution in [0.5, 0.6) is 0 Å². The Hall–Kier alpha value is -3.28. The lowest BCUT2D eigenvalue weighted by Gasteiger charge is -2.34. The molecule has 0 bridgehead atoms. The fraction of sp³-hybridized carbons (Fsp3) is 0.694. The summed E-state index contributed by atoms with van der Waals surface area (Å²) in [6.45, 7) is 27.6. The second-order valence-corrected chi connectivity index (χ2v) is 29.2. The van der Waals surface area contributed by atoms with Crippen LogP contribution >= 0.6 is 0 Å². The van der Waals surface area contributed by atoms with E-state index in [4.69, 9.17) is 29.0 Å². The lowest BCUT2D eigenvalue weighted by atomic mass is 9.94. The molecule has 1 atom stereocenters. The van der Waals surface area contributed by atoms with Crippen LogP contribution in [0.2, 0.25) is 51.4 Å². The number of hydrogen-bond donors (Lipinski definition) is 0. The molecule has 0 N–H and O–H groups in total. The second kappa shape index (κ2) is 16.2. The third-order valence-corrected chi connectivity index (χ3v) is 11.6. The molecule has 0 aliphatic carbocycles. The number of carbonyl (C=O) groups is 2. The van der Waals surface area contributed by atoms with E-state index in [0.29, 0.717) is 44.5 Å². The molecule has 3 aromatic heterocycles. The van der Waals surface area contributed by atoms with Crippen molar-refractivity contribution in [3.8, 4) is 11.1 Å². The Morgan fingerprint density at radius 1 is 0.902 bits per heavy atom. The third kappa shape index (κ3) is 12.4. The van der Waals surface area contributed by atoms with Crippen molar-refractivity contribution < 1.29 is 28.5 Å². The monoisotopic (exact) mass is 743 g/mol. The first-order valence-electron chi connectivity index (χ1n) is 18.1. The molecule has 4 rings (SSSR count). The number of fused-ring (bicyclic) bond motifs is 1. The zero-order valence-corrected chi connectivity index (χ0v) is 35.0. The summed E-state index contributed by atoms with van der Waals surface area (Å²) in [6.07, 6.45) is 6.17. The second-order valence-electron chi connectivity index (χ2n) is 18.0. The predicted molar refractivity (Wildman–Crippen MR) is 206 cm³/mol. The van der Waals surface area contributed by atoms with Gasteiger partial charge in [0.25, 0.3) is 0 Å². The van der Waals surface area contributed by atoms with Gasteiger partial charge < -0.3 is 23.8 Å². The highest BCUT2D eigenvalue weighted by Crippen LogP contribution is 2.33. The quantitative estimate of drug-likeness (QED) is 0.0971. The molecule has 1 aliphatic heterocycles.